The fourth-order valence-corrected chi connectivity index (χ4v) is 5.34. The van der Waals surface area contributed by atoms with E-state index < -0.39 is 0 Å². The van der Waals surface area contributed by atoms with E-state index in [1.165, 1.54) is 55.2 Å². The van der Waals surface area contributed by atoms with Crippen molar-refractivity contribution in [1.82, 2.24) is 4.57 Å². The molecular formula is C28H23N. The molecule has 5 aromatic rings. The van der Waals surface area contributed by atoms with E-state index in [2.05, 4.69) is 110 Å². The highest BCUT2D eigenvalue weighted by molar-refractivity contribution is 6.15. The van der Waals surface area contributed by atoms with Crippen LogP contribution in [0.2, 0.25) is 0 Å². The highest BCUT2D eigenvalue weighted by Crippen LogP contribution is 2.50. The molecule has 0 saturated heterocycles. The maximum Gasteiger partial charge on any atom is 0.0495 e. The number of para-hydroxylation sites is 1. The number of rotatable bonds is 1. The van der Waals surface area contributed by atoms with Crippen LogP contribution in [0.1, 0.15) is 25.0 Å². The summed E-state index contributed by atoms with van der Waals surface area (Å²) in [6.07, 6.45) is 0. The lowest BCUT2D eigenvalue weighted by atomic mass is 9.82. The SMILES string of the molecule is Cn1c2ccccc2c2c(-c3ccc4c(c3)-c3ccccc3C4(C)C)cccc21. The van der Waals surface area contributed by atoms with Crippen molar-refractivity contribution < 1.29 is 0 Å². The second-order valence-corrected chi connectivity index (χ2v) is 8.71. The lowest BCUT2D eigenvalue weighted by Gasteiger charge is -2.21. The number of aromatic nitrogens is 1. The summed E-state index contributed by atoms with van der Waals surface area (Å²) in [4.78, 5) is 0. The van der Waals surface area contributed by atoms with E-state index in [1.807, 2.05) is 0 Å². The average molecular weight is 373 g/mol. The second kappa shape index (κ2) is 5.61. The predicted octanol–water partition coefficient (Wildman–Crippen LogP) is 7.30. The molecule has 0 atom stereocenters. The number of hydrogen-bond donors (Lipinski definition) is 0. The van der Waals surface area contributed by atoms with Crippen molar-refractivity contribution in [1.29, 1.82) is 0 Å². The largest absolute Gasteiger partial charge is 0.344 e. The van der Waals surface area contributed by atoms with Crippen LogP contribution in [0.4, 0.5) is 0 Å². The van der Waals surface area contributed by atoms with Gasteiger partial charge in [0.2, 0.25) is 0 Å². The molecule has 0 bridgehead atoms. The van der Waals surface area contributed by atoms with Crippen molar-refractivity contribution in [3.8, 4) is 22.3 Å². The first kappa shape index (κ1) is 16.6. The number of hydrogen-bond acceptors (Lipinski definition) is 0. The molecule has 1 aliphatic carbocycles. The maximum absolute atomic E-state index is 2.40. The zero-order valence-corrected chi connectivity index (χ0v) is 17.0. The van der Waals surface area contributed by atoms with E-state index in [0.717, 1.165) is 0 Å². The van der Waals surface area contributed by atoms with E-state index >= 15 is 0 Å². The molecule has 140 valence electrons. The predicted molar refractivity (Wildman–Crippen MR) is 123 cm³/mol. The second-order valence-electron chi connectivity index (χ2n) is 8.71. The molecular weight excluding hydrogens is 350 g/mol. The smallest absolute Gasteiger partial charge is 0.0495 e. The molecule has 0 spiro atoms. The van der Waals surface area contributed by atoms with Crippen molar-refractivity contribution in [2.24, 2.45) is 7.05 Å². The average Bonchev–Trinajstić information content (AvgIpc) is 3.18. The fourth-order valence-electron chi connectivity index (χ4n) is 5.34. The Labute approximate surface area is 171 Å². The van der Waals surface area contributed by atoms with Crippen molar-refractivity contribution in [3.63, 3.8) is 0 Å². The number of aryl methyl sites for hydroxylation is 1. The van der Waals surface area contributed by atoms with Crippen LogP contribution in [-0.4, -0.2) is 4.57 Å². The summed E-state index contributed by atoms with van der Waals surface area (Å²) in [5, 5.41) is 2.66. The van der Waals surface area contributed by atoms with Gasteiger partial charge >= 0.3 is 0 Å². The molecule has 0 unspecified atom stereocenters. The molecule has 0 saturated carbocycles. The zero-order valence-electron chi connectivity index (χ0n) is 17.0. The molecule has 1 nitrogen and oxygen atoms in total. The minimum atomic E-state index is 0.0515. The topological polar surface area (TPSA) is 4.93 Å². The van der Waals surface area contributed by atoms with Crippen LogP contribution in [0, 0.1) is 0 Å². The summed E-state index contributed by atoms with van der Waals surface area (Å²) < 4.78 is 2.31. The van der Waals surface area contributed by atoms with Gasteiger partial charge in [0.25, 0.3) is 0 Å². The molecule has 0 fully saturated rings. The van der Waals surface area contributed by atoms with Crippen LogP contribution in [-0.2, 0) is 12.5 Å². The van der Waals surface area contributed by atoms with Crippen molar-refractivity contribution in [3.05, 3.63) is 96.1 Å². The van der Waals surface area contributed by atoms with Gasteiger partial charge in [0.05, 0.1) is 0 Å². The minimum absolute atomic E-state index is 0.0515. The Morgan fingerprint density at radius 1 is 0.621 bits per heavy atom. The normalized spacial score (nSPS) is 14.3. The molecule has 1 aromatic heterocycles. The molecule has 0 amide bonds. The number of fused-ring (bicyclic) bond motifs is 6. The van der Waals surface area contributed by atoms with Crippen LogP contribution in [0.5, 0.6) is 0 Å². The van der Waals surface area contributed by atoms with E-state index in [-0.39, 0.29) is 5.41 Å². The first-order valence-electron chi connectivity index (χ1n) is 10.3. The van der Waals surface area contributed by atoms with Gasteiger partial charge in [0, 0.05) is 34.3 Å². The van der Waals surface area contributed by atoms with Gasteiger partial charge in [-0.25, -0.2) is 0 Å². The fraction of sp³-hybridized carbons (Fsp3) is 0.143. The van der Waals surface area contributed by atoms with Crippen LogP contribution in [0.15, 0.2) is 84.9 Å². The van der Waals surface area contributed by atoms with Gasteiger partial charge in [-0.1, -0.05) is 80.6 Å². The van der Waals surface area contributed by atoms with Crippen molar-refractivity contribution in [2.75, 3.05) is 0 Å². The summed E-state index contributed by atoms with van der Waals surface area (Å²) >= 11 is 0. The summed E-state index contributed by atoms with van der Waals surface area (Å²) in [7, 11) is 2.16. The summed E-state index contributed by atoms with van der Waals surface area (Å²) in [6, 6.07) is 31.3. The Morgan fingerprint density at radius 2 is 1.31 bits per heavy atom. The van der Waals surface area contributed by atoms with Gasteiger partial charge in [0.1, 0.15) is 0 Å². The third-order valence-electron chi connectivity index (χ3n) is 6.83. The minimum Gasteiger partial charge on any atom is -0.344 e. The molecule has 4 aromatic carbocycles. The first-order valence-corrected chi connectivity index (χ1v) is 10.3. The van der Waals surface area contributed by atoms with Gasteiger partial charge in [-0.15, -0.1) is 0 Å². The van der Waals surface area contributed by atoms with Gasteiger partial charge in [-0.05, 0) is 51.6 Å². The Morgan fingerprint density at radius 3 is 2.21 bits per heavy atom. The molecule has 0 radical (unpaired) electrons. The van der Waals surface area contributed by atoms with Gasteiger partial charge in [0.15, 0.2) is 0 Å². The van der Waals surface area contributed by atoms with Gasteiger partial charge in [-0.2, -0.15) is 0 Å². The third kappa shape index (κ3) is 2.10. The van der Waals surface area contributed by atoms with E-state index in [0.29, 0.717) is 0 Å². The zero-order chi connectivity index (χ0) is 19.8. The van der Waals surface area contributed by atoms with Crippen LogP contribution in [0.3, 0.4) is 0 Å². The standard InChI is InChI=1S/C28H23N/c1-28(2)23-12-6-4-9-20(23)22-17-18(15-16-24(22)28)19-11-8-14-26-27(19)21-10-5-7-13-25(21)29(26)3/h4-17H,1-3H3. The van der Waals surface area contributed by atoms with Gasteiger partial charge in [-0.3, -0.25) is 0 Å². The summed E-state index contributed by atoms with van der Waals surface area (Å²) in [5.74, 6) is 0. The third-order valence-corrected chi connectivity index (χ3v) is 6.83. The lowest BCUT2D eigenvalue weighted by molar-refractivity contribution is 0.660. The Kier molecular flexibility index (Phi) is 3.21. The first-order chi connectivity index (χ1) is 14.1. The van der Waals surface area contributed by atoms with Crippen LogP contribution in [0.25, 0.3) is 44.1 Å². The Hall–Kier alpha value is -3.32. The monoisotopic (exact) mass is 373 g/mol. The molecule has 6 rings (SSSR count). The van der Waals surface area contributed by atoms with E-state index in [4.69, 9.17) is 0 Å². The van der Waals surface area contributed by atoms with E-state index in [1.54, 1.807) is 0 Å². The van der Waals surface area contributed by atoms with Crippen LogP contribution < -0.4 is 0 Å². The molecule has 29 heavy (non-hydrogen) atoms. The highest BCUT2D eigenvalue weighted by Gasteiger charge is 2.35. The number of benzene rings is 4. The molecule has 1 heteroatoms. The maximum atomic E-state index is 2.40. The Balaban J connectivity index is 1.67. The quantitative estimate of drug-likeness (QED) is 0.290. The molecule has 1 aliphatic rings. The Bertz CT molecular complexity index is 1430. The summed E-state index contributed by atoms with van der Waals surface area (Å²) in [5.41, 5.74) is 10.8. The molecule has 1 heterocycles. The van der Waals surface area contributed by atoms with Crippen molar-refractivity contribution >= 4 is 21.8 Å². The lowest BCUT2D eigenvalue weighted by Crippen LogP contribution is -2.14. The molecule has 0 aliphatic heterocycles. The highest BCUT2D eigenvalue weighted by atomic mass is 14.9. The summed E-state index contributed by atoms with van der Waals surface area (Å²) in [6.45, 7) is 4.67. The van der Waals surface area contributed by atoms with Crippen molar-refractivity contribution in [2.45, 2.75) is 19.3 Å². The van der Waals surface area contributed by atoms with E-state index in [9.17, 15) is 0 Å². The van der Waals surface area contributed by atoms with Crippen LogP contribution >= 0.6 is 0 Å². The molecule has 0 N–H and O–H groups in total. The number of nitrogens with zero attached hydrogens (tertiary/aromatic N) is 1. The van der Waals surface area contributed by atoms with Gasteiger partial charge < -0.3 is 4.57 Å².